The van der Waals surface area contributed by atoms with Crippen LogP contribution in [-0.2, 0) is 0 Å². The minimum atomic E-state index is 0.561. The Labute approximate surface area is 358 Å². The molecule has 8 aromatic carbocycles. The predicted octanol–water partition coefficient (Wildman–Crippen LogP) is 4.50. The third-order valence-corrected chi connectivity index (χ3v) is 12.9. The van der Waals surface area contributed by atoms with Gasteiger partial charge in [-0.3, -0.25) is 0 Å². The minimum absolute atomic E-state index is 0.561. The second kappa shape index (κ2) is 14.5. The molecule has 61 heavy (non-hydrogen) atoms. The molecule has 0 fully saturated rings. The molecule has 0 N–H and O–H groups in total. The summed E-state index contributed by atoms with van der Waals surface area (Å²) in [5.74, 6) is 1.78. The van der Waals surface area contributed by atoms with Crippen LogP contribution in [0.5, 0.6) is 0 Å². The minimum Gasteiger partial charge on any atom is -0.455 e. The van der Waals surface area contributed by atoms with Crippen LogP contribution in [0.1, 0.15) is 0 Å². The van der Waals surface area contributed by atoms with E-state index >= 15 is 0 Å². The van der Waals surface area contributed by atoms with Gasteiger partial charge in [-0.05, 0) is 64.7 Å². The fourth-order valence-corrected chi connectivity index (χ4v) is 9.32. The Morgan fingerprint density at radius 3 is 1.67 bits per heavy atom. The highest BCUT2D eigenvalue weighted by Crippen LogP contribution is 2.42. The van der Waals surface area contributed by atoms with Gasteiger partial charge in [-0.1, -0.05) is 132 Å². The average molecular weight is 776 g/mol. The van der Waals surface area contributed by atoms with Crippen molar-refractivity contribution in [1.82, 2.24) is 19.5 Å². The maximum absolute atomic E-state index is 6.82. The highest BCUT2D eigenvalue weighted by molar-refractivity contribution is 6.68. The zero-order chi connectivity index (χ0) is 41.4. The van der Waals surface area contributed by atoms with E-state index in [9.17, 15) is 0 Å². The van der Waals surface area contributed by atoms with E-state index in [1.807, 2.05) is 30.3 Å². The van der Waals surface area contributed by atoms with Gasteiger partial charge in [-0.25, -0.2) is 15.0 Å². The van der Waals surface area contributed by atoms with E-state index < -0.39 is 0 Å². The van der Waals surface area contributed by atoms with Gasteiger partial charge >= 0.3 is 0 Å². The Bertz CT molecular complexity index is 3500. The first-order chi connectivity index (χ1) is 29.8. The molecule has 11 aromatic rings. The molecule has 0 unspecified atom stereocenters. The van der Waals surface area contributed by atoms with Crippen LogP contribution in [0.2, 0.25) is 0 Å². The molecule has 3 heterocycles. The standard InChI is InChI=1S/C51H37B5N4O/c52-43-41(44(53)46(55)47(56)45(43)54)28-21-23-30(24-22-28)50-57-49(29-11-3-1-4-12-29)58-51(59-50)36-18-9-17-35-42-33(16-10-20-40(42)61-48(35)36)31-25-26-39-37(27-31)34-15-7-8-19-38(34)60(39)32-13-5-2-6-14-32/h1-27H,52-56H2. The second-order valence-corrected chi connectivity index (χ2v) is 16.1. The Morgan fingerprint density at radius 2 is 0.934 bits per heavy atom. The van der Waals surface area contributed by atoms with Crippen LogP contribution >= 0.6 is 0 Å². The summed E-state index contributed by atoms with van der Waals surface area (Å²) in [5.41, 5.74) is 19.1. The summed E-state index contributed by atoms with van der Waals surface area (Å²) in [6.45, 7) is 0. The average Bonchev–Trinajstić information content (AvgIpc) is 3.87. The highest BCUT2D eigenvalue weighted by atomic mass is 16.3. The van der Waals surface area contributed by atoms with Gasteiger partial charge in [0.25, 0.3) is 0 Å². The summed E-state index contributed by atoms with van der Waals surface area (Å²) >= 11 is 0. The van der Waals surface area contributed by atoms with E-state index in [0.29, 0.717) is 17.5 Å². The third-order valence-electron chi connectivity index (χ3n) is 12.9. The van der Waals surface area contributed by atoms with Gasteiger partial charge in [-0.15, -0.1) is 16.4 Å². The monoisotopic (exact) mass is 776 g/mol. The van der Waals surface area contributed by atoms with Gasteiger partial charge in [0.1, 0.15) is 50.4 Å². The summed E-state index contributed by atoms with van der Waals surface area (Å²) in [6.07, 6.45) is 0. The van der Waals surface area contributed by atoms with Gasteiger partial charge < -0.3 is 8.98 Å². The number of fused-ring (bicyclic) bond motifs is 6. The molecule has 0 saturated heterocycles. The van der Waals surface area contributed by atoms with Crippen LogP contribution in [0.15, 0.2) is 168 Å². The van der Waals surface area contributed by atoms with E-state index in [0.717, 1.165) is 55.4 Å². The quantitative estimate of drug-likeness (QED) is 0.234. The van der Waals surface area contributed by atoms with Crippen molar-refractivity contribution in [2.24, 2.45) is 0 Å². The Hall–Kier alpha value is -7.31. The SMILES string of the molecule is Bc1c(B)c(B)c(-c2ccc(-c3nc(-c4ccccc4)nc(-c4cccc5c4oc4cccc(-c6ccc7c(c6)c6ccccc6n7-c6ccccc6)c45)n3)cc2)c(B)c1B. The van der Waals surface area contributed by atoms with Gasteiger partial charge in [-0.2, -0.15) is 0 Å². The maximum atomic E-state index is 6.82. The first kappa shape index (κ1) is 36.8. The molecule has 0 spiro atoms. The topological polar surface area (TPSA) is 56.7 Å². The second-order valence-electron chi connectivity index (χ2n) is 16.1. The van der Waals surface area contributed by atoms with E-state index in [2.05, 4.69) is 177 Å². The Kier molecular flexibility index (Phi) is 8.71. The molecule has 0 saturated carbocycles. The van der Waals surface area contributed by atoms with Crippen LogP contribution < -0.4 is 27.3 Å². The molecule has 0 radical (unpaired) electrons. The van der Waals surface area contributed by atoms with Crippen molar-refractivity contribution in [2.45, 2.75) is 0 Å². The van der Waals surface area contributed by atoms with Crippen molar-refractivity contribution in [2.75, 3.05) is 0 Å². The first-order valence-electron chi connectivity index (χ1n) is 20.9. The van der Waals surface area contributed by atoms with E-state index in [4.69, 9.17) is 19.4 Å². The third kappa shape index (κ3) is 5.96. The lowest BCUT2D eigenvalue weighted by Crippen LogP contribution is -2.55. The molecule has 11 rings (SSSR count). The van der Waals surface area contributed by atoms with Crippen LogP contribution in [0, 0.1) is 0 Å². The molecule has 10 heteroatoms. The summed E-state index contributed by atoms with van der Waals surface area (Å²) in [7, 11) is 11.1. The van der Waals surface area contributed by atoms with Crippen molar-refractivity contribution in [3.63, 3.8) is 0 Å². The number of para-hydroxylation sites is 3. The van der Waals surface area contributed by atoms with Crippen molar-refractivity contribution < 1.29 is 4.42 Å². The predicted molar refractivity (Wildman–Crippen MR) is 270 cm³/mol. The number of nitrogens with zero attached hydrogens (tertiary/aromatic N) is 4. The van der Waals surface area contributed by atoms with E-state index in [1.165, 1.54) is 60.2 Å². The maximum Gasteiger partial charge on any atom is 0.167 e. The molecule has 0 amide bonds. The molecule has 282 valence electrons. The number of benzene rings is 8. The molecule has 0 atom stereocenters. The number of furan rings is 1. The lowest BCUT2D eigenvalue weighted by molar-refractivity contribution is 0.669. The van der Waals surface area contributed by atoms with Crippen LogP contribution in [0.4, 0.5) is 0 Å². The first-order valence-corrected chi connectivity index (χ1v) is 20.9. The fourth-order valence-electron chi connectivity index (χ4n) is 9.32. The molecule has 0 aliphatic carbocycles. The van der Waals surface area contributed by atoms with E-state index in [-0.39, 0.29) is 0 Å². The highest BCUT2D eigenvalue weighted by Gasteiger charge is 2.21. The zero-order valence-electron chi connectivity index (χ0n) is 34.8. The molecule has 0 aliphatic rings. The summed E-state index contributed by atoms with van der Waals surface area (Å²) in [4.78, 5) is 15.4. The summed E-state index contributed by atoms with van der Waals surface area (Å²) < 4.78 is 9.17. The normalized spacial score (nSPS) is 11.6. The van der Waals surface area contributed by atoms with Gasteiger partial charge in [0.05, 0.1) is 16.6 Å². The van der Waals surface area contributed by atoms with Crippen LogP contribution in [0.3, 0.4) is 0 Å². The molecule has 0 bridgehead atoms. The largest absolute Gasteiger partial charge is 0.455 e. The van der Waals surface area contributed by atoms with Crippen molar-refractivity contribution in [1.29, 1.82) is 0 Å². The van der Waals surface area contributed by atoms with Crippen molar-refractivity contribution in [3.8, 4) is 62.1 Å². The molecule has 3 aromatic heterocycles. The van der Waals surface area contributed by atoms with Crippen LogP contribution in [0.25, 0.3) is 106 Å². The number of rotatable bonds is 6. The van der Waals surface area contributed by atoms with E-state index in [1.54, 1.807) is 0 Å². The van der Waals surface area contributed by atoms with Crippen molar-refractivity contribution >= 4 is 110 Å². The molecular formula is C51H37B5N4O. The zero-order valence-corrected chi connectivity index (χ0v) is 34.8. The number of aromatic nitrogens is 4. The van der Waals surface area contributed by atoms with Crippen molar-refractivity contribution in [3.05, 3.63) is 164 Å². The smallest absolute Gasteiger partial charge is 0.167 e. The molecule has 5 nitrogen and oxygen atoms in total. The Balaban J connectivity index is 1.06. The lowest BCUT2D eigenvalue weighted by Gasteiger charge is -2.20. The molecule has 0 aliphatic heterocycles. The number of hydrogen-bond donors (Lipinski definition) is 0. The van der Waals surface area contributed by atoms with Gasteiger partial charge in [0, 0.05) is 38.4 Å². The Morgan fingerprint density at radius 1 is 0.393 bits per heavy atom. The summed E-state index contributed by atoms with van der Waals surface area (Å²) in [6, 6.07) is 57.4. The van der Waals surface area contributed by atoms with Gasteiger partial charge in [0.15, 0.2) is 17.5 Å². The lowest BCUT2D eigenvalue weighted by atomic mass is 9.59. The fraction of sp³-hybridized carbons (Fsp3) is 0. The molecular weight excluding hydrogens is 739 g/mol. The van der Waals surface area contributed by atoms with Crippen LogP contribution in [-0.4, -0.2) is 58.8 Å². The van der Waals surface area contributed by atoms with Gasteiger partial charge in [0.2, 0.25) is 0 Å². The number of hydrogen-bond acceptors (Lipinski definition) is 4. The summed E-state index contributed by atoms with van der Waals surface area (Å²) in [5, 5.41) is 4.49.